The number of nitrogens with zero attached hydrogens (tertiary/aromatic N) is 1. The summed E-state index contributed by atoms with van der Waals surface area (Å²) in [6.07, 6.45) is 0.150. The van der Waals surface area contributed by atoms with Gasteiger partial charge in [-0.3, -0.25) is 4.79 Å². The number of hydrogen-bond acceptors (Lipinski definition) is 3. The second-order valence-electron chi connectivity index (χ2n) is 3.99. The van der Waals surface area contributed by atoms with E-state index in [1.54, 1.807) is 0 Å². The van der Waals surface area contributed by atoms with Crippen molar-refractivity contribution in [3.8, 4) is 6.07 Å². The molecule has 0 aromatic heterocycles. The Hall–Kier alpha value is -1.04. The Kier molecular flexibility index (Phi) is 2.92. The number of nitriles is 1. The number of carbonyl (C=O) groups excluding carboxylic acids is 1. The highest BCUT2D eigenvalue weighted by molar-refractivity contribution is 5.73. The van der Waals surface area contributed by atoms with Crippen molar-refractivity contribution in [3.63, 3.8) is 0 Å². The third-order valence-corrected chi connectivity index (χ3v) is 2.76. The zero-order valence-electron chi connectivity index (χ0n) is 8.28. The molecule has 13 heavy (non-hydrogen) atoms. The first-order chi connectivity index (χ1) is 6.06. The molecule has 0 N–H and O–H groups in total. The molecular weight excluding hydrogens is 166 g/mol. The Balaban J connectivity index is 2.73. The summed E-state index contributed by atoms with van der Waals surface area (Å²) in [6.45, 7) is 6.03. The summed E-state index contributed by atoms with van der Waals surface area (Å²) in [4.78, 5) is 11.3. The first-order valence-corrected chi connectivity index (χ1v) is 4.66. The van der Waals surface area contributed by atoms with Gasteiger partial charge in [0, 0.05) is 6.42 Å². The summed E-state index contributed by atoms with van der Waals surface area (Å²) in [5, 5.41) is 8.67. The first-order valence-electron chi connectivity index (χ1n) is 4.66. The van der Waals surface area contributed by atoms with E-state index in [0.717, 1.165) is 0 Å². The van der Waals surface area contributed by atoms with Crippen molar-refractivity contribution >= 4 is 5.97 Å². The predicted molar refractivity (Wildman–Crippen MR) is 47.6 cm³/mol. The molecule has 1 aliphatic heterocycles. The van der Waals surface area contributed by atoms with Gasteiger partial charge in [0.15, 0.2) is 6.10 Å². The van der Waals surface area contributed by atoms with E-state index in [2.05, 4.69) is 13.8 Å². The minimum Gasteiger partial charge on any atom is -0.447 e. The number of rotatable bonds is 1. The summed E-state index contributed by atoms with van der Waals surface area (Å²) in [7, 11) is 0. The molecular formula is C10H15NO2. The Morgan fingerprint density at radius 2 is 2.23 bits per heavy atom. The maximum absolute atomic E-state index is 11.3. The average molecular weight is 181 g/mol. The van der Waals surface area contributed by atoms with E-state index >= 15 is 0 Å². The van der Waals surface area contributed by atoms with Gasteiger partial charge in [-0.05, 0) is 11.8 Å². The molecule has 3 heteroatoms. The lowest BCUT2D eigenvalue weighted by Crippen LogP contribution is -2.38. The average Bonchev–Trinajstić information content (AvgIpc) is 2.09. The van der Waals surface area contributed by atoms with Gasteiger partial charge in [-0.1, -0.05) is 20.8 Å². The Bertz CT molecular complexity index is 242. The van der Waals surface area contributed by atoms with Gasteiger partial charge in [0.25, 0.3) is 0 Å². The summed E-state index contributed by atoms with van der Waals surface area (Å²) in [5.74, 6) is 0.422. The molecule has 2 unspecified atom stereocenters. The standard InChI is InChI=1S/C10H15NO2/c1-6(2)9-4-8(5-11)13-10(12)7(9)3/h6-9H,4H2,1-3H3/t7?,8?,9-/m1/s1. The van der Waals surface area contributed by atoms with Gasteiger partial charge >= 0.3 is 5.97 Å². The minimum atomic E-state index is -0.531. The van der Waals surface area contributed by atoms with Crippen molar-refractivity contribution < 1.29 is 9.53 Å². The smallest absolute Gasteiger partial charge is 0.310 e. The van der Waals surface area contributed by atoms with Crippen LogP contribution in [-0.4, -0.2) is 12.1 Å². The van der Waals surface area contributed by atoms with Crippen molar-refractivity contribution in [1.29, 1.82) is 5.26 Å². The molecule has 72 valence electrons. The zero-order chi connectivity index (χ0) is 10.0. The summed E-state index contributed by atoms with van der Waals surface area (Å²) < 4.78 is 4.93. The van der Waals surface area contributed by atoms with Crippen LogP contribution in [0.1, 0.15) is 27.2 Å². The van der Waals surface area contributed by atoms with Crippen molar-refractivity contribution in [2.24, 2.45) is 17.8 Å². The third kappa shape index (κ3) is 2.00. The number of hydrogen-bond donors (Lipinski definition) is 0. The van der Waals surface area contributed by atoms with Crippen LogP contribution in [0.4, 0.5) is 0 Å². The summed E-state index contributed by atoms with van der Waals surface area (Å²) in [5.41, 5.74) is 0. The number of carbonyl (C=O) groups is 1. The highest BCUT2D eigenvalue weighted by Crippen LogP contribution is 2.31. The zero-order valence-corrected chi connectivity index (χ0v) is 8.28. The van der Waals surface area contributed by atoms with Crippen LogP contribution in [-0.2, 0) is 9.53 Å². The molecule has 0 radical (unpaired) electrons. The monoisotopic (exact) mass is 181 g/mol. The van der Waals surface area contributed by atoms with E-state index in [4.69, 9.17) is 10.00 Å². The maximum Gasteiger partial charge on any atom is 0.310 e. The van der Waals surface area contributed by atoms with Crippen molar-refractivity contribution in [2.75, 3.05) is 0 Å². The molecule has 1 saturated heterocycles. The van der Waals surface area contributed by atoms with Gasteiger partial charge in [0.2, 0.25) is 0 Å². The normalized spacial score (nSPS) is 34.1. The van der Waals surface area contributed by atoms with Crippen LogP contribution >= 0.6 is 0 Å². The van der Waals surface area contributed by atoms with Crippen molar-refractivity contribution in [1.82, 2.24) is 0 Å². The molecule has 3 nitrogen and oxygen atoms in total. The first kappa shape index (κ1) is 10.0. The van der Waals surface area contributed by atoms with Crippen LogP contribution in [0.15, 0.2) is 0 Å². The van der Waals surface area contributed by atoms with Crippen LogP contribution in [0.3, 0.4) is 0 Å². The molecule has 0 bridgehead atoms. The number of cyclic esters (lactones) is 1. The molecule has 0 aliphatic carbocycles. The summed E-state index contributed by atoms with van der Waals surface area (Å²) in [6, 6.07) is 2.00. The Morgan fingerprint density at radius 3 is 2.69 bits per heavy atom. The molecule has 1 aliphatic rings. The van der Waals surface area contributed by atoms with Gasteiger partial charge in [0.1, 0.15) is 6.07 Å². The molecule has 0 amide bonds. The van der Waals surface area contributed by atoms with Crippen LogP contribution in [0.25, 0.3) is 0 Å². The maximum atomic E-state index is 11.3. The second kappa shape index (κ2) is 3.78. The predicted octanol–water partition coefficient (Wildman–Crippen LogP) is 1.73. The fraction of sp³-hybridized carbons (Fsp3) is 0.800. The molecule has 1 heterocycles. The molecule has 0 saturated carbocycles. The lowest BCUT2D eigenvalue weighted by atomic mass is 9.79. The molecule has 0 aromatic carbocycles. The lowest BCUT2D eigenvalue weighted by Gasteiger charge is -2.32. The Morgan fingerprint density at radius 1 is 1.62 bits per heavy atom. The van der Waals surface area contributed by atoms with Gasteiger partial charge in [-0.25, -0.2) is 0 Å². The molecule has 1 fully saturated rings. The molecule has 1 rings (SSSR count). The largest absolute Gasteiger partial charge is 0.447 e. The molecule has 3 atom stereocenters. The fourth-order valence-corrected chi connectivity index (χ4v) is 1.85. The molecule has 0 aromatic rings. The van der Waals surface area contributed by atoms with E-state index in [-0.39, 0.29) is 17.8 Å². The van der Waals surface area contributed by atoms with E-state index in [1.807, 2.05) is 13.0 Å². The van der Waals surface area contributed by atoms with E-state index in [9.17, 15) is 4.79 Å². The topological polar surface area (TPSA) is 50.1 Å². The van der Waals surface area contributed by atoms with Crippen molar-refractivity contribution in [2.45, 2.75) is 33.3 Å². The van der Waals surface area contributed by atoms with Crippen LogP contribution in [0.5, 0.6) is 0 Å². The number of esters is 1. The summed E-state index contributed by atoms with van der Waals surface area (Å²) >= 11 is 0. The highest BCUT2D eigenvalue weighted by atomic mass is 16.5. The SMILES string of the molecule is CC(C)[C@H]1CC(C#N)OC(=O)C1C. The van der Waals surface area contributed by atoms with Gasteiger partial charge < -0.3 is 4.74 Å². The Labute approximate surface area is 78.7 Å². The van der Waals surface area contributed by atoms with Gasteiger partial charge in [-0.2, -0.15) is 5.26 Å². The van der Waals surface area contributed by atoms with Crippen molar-refractivity contribution in [3.05, 3.63) is 0 Å². The van der Waals surface area contributed by atoms with Gasteiger partial charge in [0.05, 0.1) is 5.92 Å². The highest BCUT2D eigenvalue weighted by Gasteiger charge is 2.36. The fourth-order valence-electron chi connectivity index (χ4n) is 1.85. The number of ether oxygens (including phenoxy) is 1. The molecule has 0 spiro atoms. The second-order valence-corrected chi connectivity index (χ2v) is 3.99. The minimum absolute atomic E-state index is 0.0652. The van der Waals surface area contributed by atoms with E-state index in [0.29, 0.717) is 12.3 Å². The van der Waals surface area contributed by atoms with Crippen LogP contribution in [0.2, 0.25) is 0 Å². The van der Waals surface area contributed by atoms with E-state index in [1.165, 1.54) is 0 Å². The van der Waals surface area contributed by atoms with Crippen LogP contribution < -0.4 is 0 Å². The lowest BCUT2D eigenvalue weighted by molar-refractivity contribution is -0.161. The third-order valence-electron chi connectivity index (χ3n) is 2.76. The van der Waals surface area contributed by atoms with E-state index < -0.39 is 6.10 Å². The quantitative estimate of drug-likeness (QED) is 0.579. The van der Waals surface area contributed by atoms with Gasteiger partial charge in [-0.15, -0.1) is 0 Å². The van der Waals surface area contributed by atoms with Crippen LogP contribution in [0, 0.1) is 29.1 Å².